The van der Waals surface area contributed by atoms with E-state index in [0.29, 0.717) is 22.2 Å². The van der Waals surface area contributed by atoms with Crippen LogP contribution < -0.4 is 0 Å². The Hall–Kier alpha value is -1.42. The van der Waals surface area contributed by atoms with E-state index in [-0.39, 0.29) is 11.8 Å². The van der Waals surface area contributed by atoms with Crippen molar-refractivity contribution in [3.8, 4) is 0 Å². The molecule has 0 saturated heterocycles. The Morgan fingerprint density at radius 1 is 1.24 bits per heavy atom. The molecule has 2 aromatic rings. The minimum Gasteiger partial charge on any atom is -0.292 e. The molecule has 0 fully saturated rings. The van der Waals surface area contributed by atoms with Crippen molar-refractivity contribution in [1.29, 1.82) is 0 Å². The Morgan fingerprint density at radius 3 is 2.52 bits per heavy atom. The standard InChI is InChI=1S/C16H16Cl2N2O/c1-11(20(2)10-12-5-7-19-8-6-12)16(21)14-4-3-13(17)9-15(14)18/h3-9,11H,10H2,1-2H3. The molecule has 21 heavy (non-hydrogen) atoms. The van der Waals surface area contributed by atoms with E-state index in [0.717, 1.165) is 5.56 Å². The van der Waals surface area contributed by atoms with Crippen LogP contribution in [0.5, 0.6) is 0 Å². The lowest BCUT2D eigenvalue weighted by molar-refractivity contribution is 0.0862. The van der Waals surface area contributed by atoms with Gasteiger partial charge in [-0.3, -0.25) is 14.7 Å². The quantitative estimate of drug-likeness (QED) is 0.777. The third-order valence-electron chi connectivity index (χ3n) is 3.42. The van der Waals surface area contributed by atoms with Gasteiger partial charge in [0.2, 0.25) is 0 Å². The van der Waals surface area contributed by atoms with Gasteiger partial charge in [0.05, 0.1) is 11.1 Å². The summed E-state index contributed by atoms with van der Waals surface area (Å²) in [7, 11) is 1.91. The molecular weight excluding hydrogens is 307 g/mol. The third-order valence-corrected chi connectivity index (χ3v) is 3.97. The van der Waals surface area contributed by atoms with E-state index in [1.165, 1.54) is 0 Å². The first kappa shape index (κ1) is 16.0. The van der Waals surface area contributed by atoms with Crippen molar-refractivity contribution in [3.63, 3.8) is 0 Å². The number of benzene rings is 1. The number of carbonyl (C=O) groups excluding carboxylic acids is 1. The minimum absolute atomic E-state index is 0.0202. The number of ketones is 1. The van der Waals surface area contributed by atoms with Crippen molar-refractivity contribution in [1.82, 2.24) is 9.88 Å². The molecule has 1 aromatic heterocycles. The number of aromatic nitrogens is 1. The number of nitrogens with zero attached hydrogens (tertiary/aromatic N) is 2. The molecule has 2 rings (SSSR count). The maximum atomic E-state index is 12.5. The van der Waals surface area contributed by atoms with Gasteiger partial charge >= 0.3 is 0 Å². The van der Waals surface area contributed by atoms with Crippen LogP contribution in [0.1, 0.15) is 22.8 Å². The van der Waals surface area contributed by atoms with E-state index in [9.17, 15) is 4.79 Å². The van der Waals surface area contributed by atoms with Crippen LogP contribution in [0.2, 0.25) is 10.0 Å². The van der Waals surface area contributed by atoms with E-state index in [2.05, 4.69) is 4.98 Å². The predicted octanol–water partition coefficient (Wildman–Crippen LogP) is 4.09. The van der Waals surface area contributed by atoms with Crippen molar-refractivity contribution in [2.45, 2.75) is 19.5 Å². The Kier molecular flexibility index (Phi) is 5.34. The average molecular weight is 323 g/mol. The van der Waals surface area contributed by atoms with Gasteiger partial charge in [-0.1, -0.05) is 23.2 Å². The first-order chi connectivity index (χ1) is 9.99. The molecule has 0 N–H and O–H groups in total. The molecule has 0 aliphatic heterocycles. The monoisotopic (exact) mass is 322 g/mol. The highest BCUT2D eigenvalue weighted by Gasteiger charge is 2.21. The first-order valence-corrected chi connectivity index (χ1v) is 7.33. The topological polar surface area (TPSA) is 33.2 Å². The zero-order valence-electron chi connectivity index (χ0n) is 11.9. The van der Waals surface area contributed by atoms with Gasteiger partial charge in [-0.05, 0) is 49.9 Å². The fourth-order valence-corrected chi connectivity index (χ4v) is 2.53. The summed E-state index contributed by atoms with van der Waals surface area (Å²) in [6, 6.07) is 8.52. The number of hydrogen-bond acceptors (Lipinski definition) is 3. The highest BCUT2D eigenvalue weighted by molar-refractivity contribution is 6.37. The zero-order chi connectivity index (χ0) is 15.4. The summed E-state index contributed by atoms with van der Waals surface area (Å²) in [6.45, 7) is 2.54. The summed E-state index contributed by atoms with van der Waals surface area (Å²) < 4.78 is 0. The SMILES string of the molecule is CC(C(=O)c1ccc(Cl)cc1Cl)N(C)Cc1ccncc1. The lowest BCUT2D eigenvalue weighted by Gasteiger charge is -2.24. The Bertz CT molecular complexity index is 631. The summed E-state index contributed by atoms with van der Waals surface area (Å²) in [5.41, 5.74) is 1.60. The lowest BCUT2D eigenvalue weighted by Crippen LogP contribution is -2.35. The van der Waals surface area contributed by atoms with Crippen LogP contribution in [0.3, 0.4) is 0 Å². The Labute approximate surface area is 134 Å². The van der Waals surface area contributed by atoms with Gasteiger partial charge in [0, 0.05) is 29.5 Å². The van der Waals surface area contributed by atoms with Crippen molar-refractivity contribution in [3.05, 3.63) is 63.9 Å². The van der Waals surface area contributed by atoms with E-state index in [1.807, 2.05) is 31.0 Å². The van der Waals surface area contributed by atoms with Crippen molar-refractivity contribution < 1.29 is 4.79 Å². The molecule has 110 valence electrons. The Morgan fingerprint density at radius 2 is 1.90 bits per heavy atom. The molecule has 1 atom stereocenters. The summed E-state index contributed by atoms with van der Waals surface area (Å²) >= 11 is 12.0. The lowest BCUT2D eigenvalue weighted by atomic mass is 10.0. The fourth-order valence-electron chi connectivity index (χ4n) is 2.03. The number of pyridine rings is 1. The molecule has 0 bridgehead atoms. The summed E-state index contributed by atoms with van der Waals surface area (Å²) in [5, 5.41) is 0.908. The van der Waals surface area contributed by atoms with Crippen LogP contribution in [-0.4, -0.2) is 28.8 Å². The van der Waals surface area contributed by atoms with Crippen LogP contribution in [0.4, 0.5) is 0 Å². The second kappa shape index (κ2) is 7.03. The number of carbonyl (C=O) groups is 1. The Balaban J connectivity index is 2.11. The fraction of sp³-hybridized carbons (Fsp3) is 0.250. The molecule has 3 nitrogen and oxygen atoms in total. The zero-order valence-corrected chi connectivity index (χ0v) is 13.4. The highest BCUT2D eigenvalue weighted by atomic mass is 35.5. The average Bonchev–Trinajstić information content (AvgIpc) is 2.47. The normalized spacial score (nSPS) is 12.4. The second-order valence-electron chi connectivity index (χ2n) is 4.93. The van der Waals surface area contributed by atoms with Crippen LogP contribution in [-0.2, 0) is 6.54 Å². The van der Waals surface area contributed by atoms with Gasteiger partial charge in [0.1, 0.15) is 0 Å². The summed E-state index contributed by atoms with van der Waals surface area (Å²) in [4.78, 5) is 18.5. The number of halogens is 2. The first-order valence-electron chi connectivity index (χ1n) is 6.57. The van der Waals surface area contributed by atoms with Gasteiger partial charge in [-0.2, -0.15) is 0 Å². The molecule has 0 amide bonds. The van der Waals surface area contributed by atoms with Crippen LogP contribution >= 0.6 is 23.2 Å². The van der Waals surface area contributed by atoms with Gasteiger partial charge in [-0.25, -0.2) is 0 Å². The molecule has 1 aromatic carbocycles. The van der Waals surface area contributed by atoms with Crippen molar-refractivity contribution >= 4 is 29.0 Å². The number of likely N-dealkylation sites (N-methyl/N-ethyl adjacent to an activating group) is 1. The smallest absolute Gasteiger partial charge is 0.181 e. The maximum absolute atomic E-state index is 12.5. The predicted molar refractivity (Wildman–Crippen MR) is 86.0 cm³/mol. The molecule has 0 spiro atoms. The third kappa shape index (κ3) is 4.03. The largest absolute Gasteiger partial charge is 0.292 e. The molecule has 0 radical (unpaired) electrons. The highest BCUT2D eigenvalue weighted by Crippen LogP contribution is 2.23. The van der Waals surface area contributed by atoms with Gasteiger partial charge in [0.15, 0.2) is 5.78 Å². The summed E-state index contributed by atoms with van der Waals surface area (Å²) in [5.74, 6) is -0.0202. The van der Waals surface area contributed by atoms with E-state index < -0.39 is 0 Å². The molecule has 1 heterocycles. The summed E-state index contributed by atoms with van der Waals surface area (Å²) in [6.07, 6.45) is 3.48. The molecule has 0 aliphatic rings. The molecule has 0 aliphatic carbocycles. The molecule has 5 heteroatoms. The van der Waals surface area contributed by atoms with Crippen molar-refractivity contribution in [2.24, 2.45) is 0 Å². The number of Topliss-reactive ketones (excluding diaryl/α,β-unsaturated/α-hetero) is 1. The van der Waals surface area contributed by atoms with E-state index >= 15 is 0 Å². The van der Waals surface area contributed by atoms with Crippen LogP contribution in [0, 0.1) is 0 Å². The van der Waals surface area contributed by atoms with E-state index in [1.54, 1.807) is 30.6 Å². The van der Waals surface area contributed by atoms with Crippen molar-refractivity contribution in [2.75, 3.05) is 7.05 Å². The molecule has 1 unspecified atom stereocenters. The molecular formula is C16H16Cl2N2O. The second-order valence-corrected chi connectivity index (χ2v) is 5.78. The van der Waals surface area contributed by atoms with Crippen LogP contribution in [0.15, 0.2) is 42.7 Å². The maximum Gasteiger partial charge on any atom is 0.181 e. The van der Waals surface area contributed by atoms with Gasteiger partial charge in [-0.15, -0.1) is 0 Å². The minimum atomic E-state index is -0.281. The van der Waals surface area contributed by atoms with Gasteiger partial charge < -0.3 is 0 Å². The number of hydrogen-bond donors (Lipinski definition) is 0. The molecule has 0 saturated carbocycles. The van der Waals surface area contributed by atoms with Crippen LogP contribution in [0.25, 0.3) is 0 Å². The van der Waals surface area contributed by atoms with Gasteiger partial charge in [0.25, 0.3) is 0 Å². The van der Waals surface area contributed by atoms with E-state index in [4.69, 9.17) is 23.2 Å². The number of rotatable bonds is 5.